The molecule has 118 valence electrons. The molecule has 22 heavy (non-hydrogen) atoms. The largest absolute Gasteiger partial charge is 0.392 e. The van der Waals surface area contributed by atoms with Crippen molar-refractivity contribution in [2.45, 2.75) is 13.0 Å². The van der Waals surface area contributed by atoms with Crippen molar-refractivity contribution in [2.24, 2.45) is 0 Å². The second kappa shape index (κ2) is 6.87. The van der Waals surface area contributed by atoms with Crippen LogP contribution in [0.4, 0.5) is 0 Å². The van der Waals surface area contributed by atoms with Gasteiger partial charge in [-0.05, 0) is 18.4 Å². The van der Waals surface area contributed by atoms with E-state index in [1.165, 1.54) is 11.3 Å². The zero-order valence-electron chi connectivity index (χ0n) is 12.4. The van der Waals surface area contributed by atoms with E-state index in [1.807, 2.05) is 22.4 Å². The third-order valence-corrected chi connectivity index (χ3v) is 5.65. The normalized spacial score (nSPS) is 17.6. The van der Waals surface area contributed by atoms with E-state index in [9.17, 15) is 9.90 Å². The number of piperazine rings is 1. The lowest BCUT2D eigenvalue weighted by atomic mass is 10.2. The van der Waals surface area contributed by atoms with Crippen LogP contribution in [0.5, 0.6) is 0 Å². The molecule has 3 rings (SSSR count). The molecule has 0 radical (unpaired) electrons. The zero-order valence-corrected chi connectivity index (χ0v) is 14.1. The molecule has 1 aliphatic heterocycles. The number of amides is 1. The van der Waals surface area contributed by atoms with E-state index in [1.54, 1.807) is 24.5 Å². The summed E-state index contributed by atoms with van der Waals surface area (Å²) in [6.07, 6.45) is 1.36. The minimum absolute atomic E-state index is 0.0667. The quantitative estimate of drug-likeness (QED) is 0.927. The van der Waals surface area contributed by atoms with Crippen LogP contribution in [0.1, 0.15) is 16.6 Å². The zero-order chi connectivity index (χ0) is 15.5. The van der Waals surface area contributed by atoms with Crippen molar-refractivity contribution in [3.8, 4) is 9.88 Å². The van der Waals surface area contributed by atoms with Crippen molar-refractivity contribution in [2.75, 3.05) is 32.7 Å². The van der Waals surface area contributed by atoms with E-state index in [0.29, 0.717) is 24.5 Å². The number of aliphatic hydroxyl groups excluding tert-OH is 1. The molecule has 0 saturated carbocycles. The van der Waals surface area contributed by atoms with Crippen LogP contribution in [-0.2, 0) is 0 Å². The Morgan fingerprint density at radius 2 is 2.18 bits per heavy atom. The molecule has 1 aliphatic rings. The van der Waals surface area contributed by atoms with Crippen LogP contribution in [0.15, 0.2) is 23.7 Å². The number of carbonyl (C=O) groups excluding carboxylic acids is 1. The fraction of sp³-hybridized carbons (Fsp3) is 0.467. The number of thiazole rings is 1. The van der Waals surface area contributed by atoms with Gasteiger partial charge in [0, 0.05) is 32.7 Å². The first-order valence-corrected chi connectivity index (χ1v) is 9.02. The van der Waals surface area contributed by atoms with E-state index in [2.05, 4.69) is 9.88 Å². The Bertz CT molecular complexity index is 617. The lowest BCUT2D eigenvalue weighted by Crippen LogP contribution is -2.50. The topological polar surface area (TPSA) is 56.7 Å². The molecule has 3 heterocycles. The maximum Gasteiger partial charge on any atom is 0.265 e. The SMILES string of the molecule is C[C@@H](O)CN1CCN(C(=O)c2cnc(-c3cccs3)s2)CC1. The second-order valence-electron chi connectivity index (χ2n) is 5.45. The van der Waals surface area contributed by atoms with Gasteiger partial charge in [-0.1, -0.05) is 6.07 Å². The van der Waals surface area contributed by atoms with Crippen molar-refractivity contribution < 1.29 is 9.90 Å². The van der Waals surface area contributed by atoms with Gasteiger partial charge in [-0.2, -0.15) is 0 Å². The molecule has 5 nitrogen and oxygen atoms in total. The molecular formula is C15H19N3O2S2. The van der Waals surface area contributed by atoms with Crippen molar-refractivity contribution >= 4 is 28.6 Å². The number of aromatic nitrogens is 1. The van der Waals surface area contributed by atoms with E-state index in [-0.39, 0.29) is 12.0 Å². The summed E-state index contributed by atoms with van der Waals surface area (Å²) in [7, 11) is 0. The number of aliphatic hydroxyl groups is 1. The Kier molecular flexibility index (Phi) is 4.87. The van der Waals surface area contributed by atoms with E-state index < -0.39 is 0 Å². The predicted molar refractivity (Wildman–Crippen MR) is 89.5 cm³/mol. The lowest BCUT2D eigenvalue weighted by molar-refractivity contribution is 0.0558. The minimum atomic E-state index is -0.322. The first kappa shape index (κ1) is 15.6. The van der Waals surface area contributed by atoms with Crippen molar-refractivity contribution in [3.63, 3.8) is 0 Å². The molecule has 0 aliphatic carbocycles. The van der Waals surface area contributed by atoms with Crippen molar-refractivity contribution in [3.05, 3.63) is 28.6 Å². The highest BCUT2D eigenvalue weighted by Crippen LogP contribution is 2.29. The summed E-state index contributed by atoms with van der Waals surface area (Å²) in [5, 5.41) is 12.3. The monoisotopic (exact) mass is 337 g/mol. The standard InChI is InChI=1S/C15H19N3O2S2/c1-11(19)10-17-4-6-18(7-5-17)15(20)13-9-16-14(22-13)12-3-2-8-21-12/h2-3,8-9,11,19H,4-7,10H2,1H3/t11-/m1/s1. The minimum Gasteiger partial charge on any atom is -0.392 e. The number of nitrogens with zero attached hydrogens (tertiary/aromatic N) is 3. The molecule has 0 aromatic carbocycles. The van der Waals surface area contributed by atoms with Crippen LogP contribution in [0.3, 0.4) is 0 Å². The third-order valence-electron chi connectivity index (χ3n) is 3.63. The summed E-state index contributed by atoms with van der Waals surface area (Å²) in [4.78, 5) is 22.8. The summed E-state index contributed by atoms with van der Waals surface area (Å²) in [5.41, 5.74) is 0. The average molecular weight is 337 g/mol. The van der Waals surface area contributed by atoms with Gasteiger partial charge in [0.1, 0.15) is 9.88 Å². The van der Waals surface area contributed by atoms with Crippen molar-refractivity contribution in [1.29, 1.82) is 0 Å². The van der Waals surface area contributed by atoms with E-state index >= 15 is 0 Å². The average Bonchev–Trinajstić information content (AvgIpc) is 3.18. The van der Waals surface area contributed by atoms with Gasteiger partial charge in [0.2, 0.25) is 0 Å². The predicted octanol–water partition coefficient (Wildman–Crippen LogP) is 2.01. The fourth-order valence-electron chi connectivity index (χ4n) is 2.55. The van der Waals surface area contributed by atoms with Gasteiger partial charge in [0.15, 0.2) is 0 Å². The molecule has 1 atom stereocenters. The van der Waals surface area contributed by atoms with Gasteiger partial charge >= 0.3 is 0 Å². The van der Waals surface area contributed by atoms with Crippen LogP contribution in [-0.4, -0.2) is 64.6 Å². The van der Waals surface area contributed by atoms with Gasteiger partial charge in [-0.25, -0.2) is 4.98 Å². The molecule has 2 aromatic heterocycles. The second-order valence-corrected chi connectivity index (χ2v) is 7.43. The highest BCUT2D eigenvalue weighted by molar-refractivity contribution is 7.21. The number of β-amino-alcohol motifs (C(OH)–C–C–N with tert-alkyl or cyclic N) is 1. The molecule has 0 bridgehead atoms. The molecule has 2 aromatic rings. The Labute approximate surface area is 137 Å². The van der Waals surface area contributed by atoms with Crippen LogP contribution < -0.4 is 0 Å². The number of hydrogen-bond acceptors (Lipinski definition) is 6. The lowest BCUT2D eigenvalue weighted by Gasteiger charge is -2.34. The first-order valence-electron chi connectivity index (χ1n) is 7.33. The van der Waals surface area contributed by atoms with Gasteiger partial charge in [0.25, 0.3) is 5.91 Å². The molecule has 0 unspecified atom stereocenters. The molecule has 1 fully saturated rings. The molecule has 1 N–H and O–H groups in total. The van der Waals surface area contributed by atoms with E-state index in [0.717, 1.165) is 23.0 Å². The summed E-state index contributed by atoms with van der Waals surface area (Å²) in [6.45, 7) is 5.50. The van der Waals surface area contributed by atoms with Crippen LogP contribution in [0.2, 0.25) is 0 Å². The summed E-state index contributed by atoms with van der Waals surface area (Å²) in [6, 6.07) is 4.01. The number of thiophene rings is 1. The molecular weight excluding hydrogens is 318 g/mol. The fourth-order valence-corrected chi connectivity index (χ4v) is 4.24. The Morgan fingerprint density at radius 3 is 2.82 bits per heavy atom. The highest BCUT2D eigenvalue weighted by Gasteiger charge is 2.24. The maximum absolute atomic E-state index is 12.5. The Morgan fingerprint density at radius 1 is 1.41 bits per heavy atom. The summed E-state index contributed by atoms with van der Waals surface area (Å²) >= 11 is 3.09. The molecule has 7 heteroatoms. The maximum atomic E-state index is 12.5. The van der Waals surface area contributed by atoms with Crippen LogP contribution in [0.25, 0.3) is 9.88 Å². The highest BCUT2D eigenvalue weighted by atomic mass is 32.1. The number of carbonyl (C=O) groups is 1. The summed E-state index contributed by atoms with van der Waals surface area (Å²) < 4.78 is 0. The molecule has 1 saturated heterocycles. The third kappa shape index (κ3) is 3.55. The van der Waals surface area contributed by atoms with Gasteiger partial charge < -0.3 is 10.0 Å². The van der Waals surface area contributed by atoms with Crippen molar-refractivity contribution in [1.82, 2.24) is 14.8 Å². The molecule has 1 amide bonds. The molecule has 0 spiro atoms. The first-order chi connectivity index (χ1) is 10.6. The number of hydrogen-bond donors (Lipinski definition) is 1. The van der Waals surface area contributed by atoms with Gasteiger partial charge in [-0.3, -0.25) is 9.69 Å². The summed E-state index contributed by atoms with van der Waals surface area (Å²) in [5.74, 6) is 0.0667. The van der Waals surface area contributed by atoms with Gasteiger partial charge in [0.05, 0.1) is 17.2 Å². The van der Waals surface area contributed by atoms with Crippen LogP contribution >= 0.6 is 22.7 Å². The van der Waals surface area contributed by atoms with Gasteiger partial charge in [-0.15, -0.1) is 22.7 Å². The van der Waals surface area contributed by atoms with E-state index in [4.69, 9.17) is 0 Å². The number of rotatable bonds is 4. The smallest absolute Gasteiger partial charge is 0.265 e. The Balaban J connectivity index is 1.61. The Hall–Kier alpha value is -1.28. The van der Waals surface area contributed by atoms with Crippen LogP contribution in [0, 0.1) is 0 Å².